The van der Waals surface area contributed by atoms with Crippen LogP contribution in [-0.4, -0.2) is 28.9 Å². The molecule has 4 nitrogen and oxygen atoms in total. The number of aryl methyl sites for hydroxylation is 1. The molecule has 116 valence electrons. The van der Waals surface area contributed by atoms with E-state index in [9.17, 15) is 4.79 Å². The first kappa shape index (κ1) is 16.5. The van der Waals surface area contributed by atoms with E-state index in [-0.39, 0.29) is 12.5 Å². The van der Waals surface area contributed by atoms with Gasteiger partial charge in [-0.2, -0.15) is 0 Å². The number of nitrogens with one attached hydrogen (secondary N) is 1. The normalized spacial score (nSPS) is 10.3. The number of halogens is 1. The molecule has 1 aromatic heterocycles. The third-order valence-corrected chi connectivity index (χ3v) is 3.84. The topological polar surface area (TPSA) is 45.2 Å². The van der Waals surface area contributed by atoms with Crippen LogP contribution in [0, 0.1) is 6.92 Å². The van der Waals surface area contributed by atoms with Crippen molar-refractivity contribution in [2.75, 3.05) is 18.4 Å². The highest BCUT2D eigenvalue weighted by Crippen LogP contribution is 2.16. The van der Waals surface area contributed by atoms with Gasteiger partial charge in [-0.1, -0.05) is 30.3 Å². The molecule has 0 bridgehead atoms. The molecule has 0 unspecified atom stereocenters. The van der Waals surface area contributed by atoms with Gasteiger partial charge in [0, 0.05) is 23.8 Å². The minimum Gasteiger partial charge on any atom is -0.361 e. The molecule has 2 aromatic rings. The van der Waals surface area contributed by atoms with Gasteiger partial charge in [0.2, 0.25) is 5.91 Å². The highest BCUT2D eigenvalue weighted by molar-refractivity contribution is 9.10. The first-order chi connectivity index (χ1) is 10.6. The lowest BCUT2D eigenvalue weighted by molar-refractivity contribution is -0.129. The van der Waals surface area contributed by atoms with Crippen LogP contribution in [0.15, 0.2) is 47.1 Å². The lowest BCUT2D eigenvalue weighted by Crippen LogP contribution is -2.35. The average Bonchev–Trinajstić information content (AvgIpc) is 2.52. The van der Waals surface area contributed by atoms with E-state index in [0.717, 1.165) is 21.4 Å². The number of carbonyl (C=O) groups excluding carboxylic acids is 1. The van der Waals surface area contributed by atoms with Crippen molar-refractivity contribution in [3.05, 3.63) is 58.2 Å². The Hall–Kier alpha value is -1.88. The van der Waals surface area contributed by atoms with Gasteiger partial charge in [0.25, 0.3) is 0 Å². The van der Waals surface area contributed by atoms with E-state index >= 15 is 0 Å². The molecule has 1 amide bonds. The molecule has 0 aliphatic carbocycles. The molecule has 0 spiro atoms. The molecule has 0 saturated carbocycles. The minimum absolute atomic E-state index is 0.0653. The monoisotopic (exact) mass is 361 g/mol. The van der Waals surface area contributed by atoms with Crippen molar-refractivity contribution in [2.24, 2.45) is 0 Å². The van der Waals surface area contributed by atoms with Crippen LogP contribution in [0.1, 0.15) is 18.1 Å². The Labute approximate surface area is 139 Å². The van der Waals surface area contributed by atoms with Crippen LogP contribution in [0.25, 0.3) is 0 Å². The maximum Gasteiger partial charge on any atom is 0.242 e. The van der Waals surface area contributed by atoms with E-state index in [1.165, 1.54) is 0 Å². The summed E-state index contributed by atoms with van der Waals surface area (Å²) in [5, 5.41) is 3.12. The summed E-state index contributed by atoms with van der Waals surface area (Å²) in [6, 6.07) is 12.0. The van der Waals surface area contributed by atoms with Crippen molar-refractivity contribution in [1.29, 1.82) is 0 Å². The zero-order chi connectivity index (χ0) is 15.9. The van der Waals surface area contributed by atoms with Crippen LogP contribution in [0.2, 0.25) is 0 Å². The van der Waals surface area contributed by atoms with Gasteiger partial charge in [-0.15, -0.1) is 0 Å². The SMILES string of the molecule is CCN(Cc1ccccc1)C(=O)CNc1ncc(Br)cc1C. The molecule has 22 heavy (non-hydrogen) atoms. The summed E-state index contributed by atoms with van der Waals surface area (Å²) < 4.78 is 0.932. The van der Waals surface area contributed by atoms with Crippen molar-refractivity contribution in [1.82, 2.24) is 9.88 Å². The molecule has 1 N–H and O–H groups in total. The second-order valence-corrected chi connectivity index (χ2v) is 5.98. The van der Waals surface area contributed by atoms with Crippen LogP contribution in [0.4, 0.5) is 5.82 Å². The quantitative estimate of drug-likeness (QED) is 0.854. The van der Waals surface area contributed by atoms with Gasteiger partial charge in [-0.3, -0.25) is 4.79 Å². The van der Waals surface area contributed by atoms with Gasteiger partial charge in [-0.25, -0.2) is 4.98 Å². The fourth-order valence-corrected chi connectivity index (χ4v) is 2.62. The number of pyridine rings is 1. The number of amides is 1. The number of rotatable bonds is 6. The molecule has 2 rings (SSSR count). The molecule has 0 aliphatic rings. The molecule has 0 radical (unpaired) electrons. The van der Waals surface area contributed by atoms with Crippen molar-refractivity contribution in [3.8, 4) is 0 Å². The second-order valence-electron chi connectivity index (χ2n) is 5.07. The highest BCUT2D eigenvalue weighted by Gasteiger charge is 2.12. The number of hydrogen-bond donors (Lipinski definition) is 1. The summed E-state index contributed by atoms with van der Waals surface area (Å²) >= 11 is 3.38. The van der Waals surface area contributed by atoms with Crippen LogP contribution >= 0.6 is 15.9 Å². The highest BCUT2D eigenvalue weighted by atomic mass is 79.9. The van der Waals surface area contributed by atoms with Gasteiger partial charge in [0.15, 0.2) is 0 Å². The second kappa shape index (κ2) is 7.94. The van der Waals surface area contributed by atoms with Gasteiger partial charge >= 0.3 is 0 Å². The first-order valence-corrected chi connectivity index (χ1v) is 8.07. The minimum atomic E-state index is 0.0653. The molecule has 1 heterocycles. The zero-order valence-electron chi connectivity index (χ0n) is 12.8. The van der Waals surface area contributed by atoms with Gasteiger partial charge in [0.1, 0.15) is 5.82 Å². The van der Waals surface area contributed by atoms with Crippen LogP contribution < -0.4 is 5.32 Å². The van der Waals surface area contributed by atoms with Gasteiger partial charge in [-0.05, 0) is 47.0 Å². The number of aromatic nitrogens is 1. The lowest BCUT2D eigenvalue weighted by Gasteiger charge is -2.21. The summed E-state index contributed by atoms with van der Waals surface area (Å²) in [5.74, 6) is 0.808. The predicted octanol–water partition coefficient (Wildman–Crippen LogP) is 3.61. The molecular formula is C17H20BrN3O. The Morgan fingerprint density at radius 1 is 1.32 bits per heavy atom. The molecular weight excluding hydrogens is 342 g/mol. The number of hydrogen-bond acceptors (Lipinski definition) is 3. The predicted molar refractivity (Wildman–Crippen MR) is 92.7 cm³/mol. The van der Waals surface area contributed by atoms with Gasteiger partial charge in [0.05, 0.1) is 6.54 Å². The summed E-state index contributed by atoms with van der Waals surface area (Å²) in [6.07, 6.45) is 1.72. The van der Waals surface area contributed by atoms with Crippen LogP contribution in [0.5, 0.6) is 0 Å². The molecule has 0 saturated heterocycles. The Morgan fingerprint density at radius 3 is 2.68 bits per heavy atom. The summed E-state index contributed by atoms with van der Waals surface area (Å²) in [4.78, 5) is 18.5. The van der Waals surface area contributed by atoms with Crippen LogP contribution in [0.3, 0.4) is 0 Å². The third kappa shape index (κ3) is 4.56. The third-order valence-electron chi connectivity index (χ3n) is 3.40. The van der Waals surface area contributed by atoms with E-state index in [1.807, 2.05) is 55.1 Å². The largest absolute Gasteiger partial charge is 0.361 e. The smallest absolute Gasteiger partial charge is 0.242 e. The molecule has 1 aromatic carbocycles. The first-order valence-electron chi connectivity index (χ1n) is 7.28. The van der Waals surface area contributed by atoms with Crippen LogP contribution in [-0.2, 0) is 11.3 Å². The van der Waals surface area contributed by atoms with E-state index < -0.39 is 0 Å². The molecule has 0 atom stereocenters. The van der Waals surface area contributed by atoms with Gasteiger partial charge < -0.3 is 10.2 Å². The summed E-state index contributed by atoms with van der Waals surface area (Å²) in [6.45, 7) is 5.51. The van der Waals surface area contributed by atoms with Crippen molar-refractivity contribution in [2.45, 2.75) is 20.4 Å². The molecule has 0 aliphatic heterocycles. The summed E-state index contributed by atoms with van der Waals surface area (Å²) in [7, 11) is 0. The van der Waals surface area contributed by atoms with E-state index in [4.69, 9.17) is 0 Å². The van der Waals surface area contributed by atoms with Crippen molar-refractivity contribution < 1.29 is 4.79 Å². The number of anilines is 1. The maximum absolute atomic E-state index is 12.4. The standard InChI is InChI=1S/C17H20BrN3O/c1-3-21(12-14-7-5-4-6-8-14)16(22)11-20-17-13(2)9-15(18)10-19-17/h4-10H,3,11-12H2,1-2H3,(H,19,20). The average molecular weight is 362 g/mol. The van der Waals surface area contributed by atoms with E-state index in [1.54, 1.807) is 6.20 Å². The fraction of sp³-hybridized carbons (Fsp3) is 0.294. The Balaban J connectivity index is 1.94. The lowest BCUT2D eigenvalue weighted by atomic mass is 10.2. The molecule has 5 heteroatoms. The van der Waals surface area contributed by atoms with Crippen molar-refractivity contribution >= 4 is 27.7 Å². The van der Waals surface area contributed by atoms with E-state index in [0.29, 0.717) is 13.1 Å². The number of nitrogens with zero attached hydrogens (tertiary/aromatic N) is 2. The number of carbonyl (C=O) groups is 1. The van der Waals surface area contributed by atoms with E-state index in [2.05, 4.69) is 26.2 Å². The molecule has 0 fully saturated rings. The Kier molecular flexibility index (Phi) is 5.95. The number of benzene rings is 1. The Morgan fingerprint density at radius 2 is 2.05 bits per heavy atom. The zero-order valence-corrected chi connectivity index (χ0v) is 14.4. The summed E-state index contributed by atoms with van der Waals surface area (Å²) in [5.41, 5.74) is 2.14. The maximum atomic E-state index is 12.4. The van der Waals surface area contributed by atoms with Crippen molar-refractivity contribution in [3.63, 3.8) is 0 Å². The fourth-order valence-electron chi connectivity index (χ4n) is 2.18. The Bertz CT molecular complexity index is 631. The number of likely N-dealkylation sites (N-methyl/N-ethyl adjacent to an activating group) is 1.